The lowest BCUT2D eigenvalue weighted by Gasteiger charge is -2.08. The largest absolute Gasteiger partial charge is 0.326 e. The summed E-state index contributed by atoms with van der Waals surface area (Å²) in [6.45, 7) is 1.72. The first kappa shape index (κ1) is 16.8. The summed E-state index contributed by atoms with van der Waals surface area (Å²) >= 11 is 0. The Morgan fingerprint density at radius 2 is 1.68 bits per heavy atom. The van der Waals surface area contributed by atoms with Crippen molar-refractivity contribution in [2.75, 3.05) is 5.32 Å². The van der Waals surface area contributed by atoms with Gasteiger partial charge in [0.05, 0.1) is 0 Å². The minimum absolute atomic E-state index is 0.0725. The van der Waals surface area contributed by atoms with Crippen LogP contribution in [0.2, 0.25) is 0 Å². The molecule has 1 N–H and O–H groups in total. The third-order valence-electron chi connectivity index (χ3n) is 4.11. The number of ketones is 1. The highest BCUT2D eigenvalue weighted by atomic mass is 19.1. The standard InChI is InChI=1S/C21H18FNO2/c1-14-12-18(22)8-9-19(14)23-21(25)11-10-20(24)17-7-6-15-4-2-3-5-16(15)13-17/h2-9,12-13H,10-11H2,1H3,(H,23,25). The van der Waals surface area contributed by atoms with Crippen LogP contribution >= 0.6 is 0 Å². The lowest BCUT2D eigenvalue weighted by Crippen LogP contribution is -2.14. The van der Waals surface area contributed by atoms with Gasteiger partial charge < -0.3 is 5.32 Å². The van der Waals surface area contributed by atoms with E-state index >= 15 is 0 Å². The lowest BCUT2D eigenvalue weighted by atomic mass is 10.0. The van der Waals surface area contributed by atoms with E-state index in [1.807, 2.05) is 36.4 Å². The number of carbonyl (C=O) groups is 2. The molecule has 3 aromatic carbocycles. The number of nitrogens with one attached hydrogen (secondary N) is 1. The molecule has 0 saturated heterocycles. The monoisotopic (exact) mass is 335 g/mol. The molecule has 0 aliphatic rings. The molecule has 0 aromatic heterocycles. The molecule has 0 heterocycles. The van der Waals surface area contributed by atoms with E-state index in [-0.39, 0.29) is 30.3 Å². The van der Waals surface area contributed by atoms with Gasteiger partial charge in [-0.2, -0.15) is 0 Å². The van der Waals surface area contributed by atoms with Crippen LogP contribution in [-0.4, -0.2) is 11.7 Å². The van der Waals surface area contributed by atoms with Crippen LogP contribution in [0, 0.1) is 12.7 Å². The minimum atomic E-state index is -0.345. The number of rotatable bonds is 5. The van der Waals surface area contributed by atoms with Crippen molar-refractivity contribution in [2.45, 2.75) is 19.8 Å². The highest BCUT2D eigenvalue weighted by molar-refractivity contribution is 6.02. The van der Waals surface area contributed by atoms with E-state index in [4.69, 9.17) is 0 Å². The van der Waals surface area contributed by atoms with Crippen LogP contribution in [-0.2, 0) is 4.79 Å². The zero-order valence-electron chi connectivity index (χ0n) is 13.9. The fraction of sp³-hybridized carbons (Fsp3) is 0.143. The Labute approximate surface area is 145 Å². The summed E-state index contributed by atoms with van der Waals surface area (Å²) in [4.78, 5) is 24.4. The van der Waals surface area contributed by atoms with E-state index in [9.17, 15) is 14.0 Å². The zero-order chi connectivity index (χ0) is 17.8. The first-order valence-electron chi connectivity index (χ1n) is 8.11. The van der Waals surface area contributed by atoms with Crippen molar-refractivity contribution in [3.63, 3.8) is 0 Å². The van der Waals surface area contributed by atoms with E-state index in [1.165, 1.54) is 18.2 Å². The average Bonchev–Trinajstić information content (AvgIpc) is 2.61. The van der Waals surface area contributed by atoms with Crippen LogP contribution in [0.1, 0.15) is 28.8 Å². The van der Waals surface area contributed by atoms with E-state index < -0.39 is 0 Å². The fourth-order valence-electron chi connectivity index (χ4n) is 2.71. The van der Waals surface area contributed by atoms with E-state index in [2.05, 4.69) is 5.32 Å². The van der Waals surface area contributed by atoms with Crippen LogP contribution in [0.5, 0.6) is 0 Å². The van der Waals surface area contributed by atoms with Crippen LogP contribution in [0.25, 0.3) is 10.8 Å². The molecule has 0 radical (unpaired) electrons. The van der Waals surface area contributed by atoms with E-state index in [0.29, 0.717) is 16.8 Å². The number of fused-ring (bicyclic) bond motifs is 1. The summed E-state index contributed by atoms with van der Waals surface area (Å²) in [5.74, 6) is -0.678. The Morgan fingerprint density at radius 1 is 0.920 bits per heavy atom. The normalized spacial score (nSPS) is 10.6. The Bertz CT molecular complexity index is 950. The fourth-order valence-corrected chi connectivity index (χ4v) is 2.71. The van der Waals surface area contributed by atoms with Crippen molar-refractivity contribution in [1.82, 2.24) is 0 Å². The van der Waals surface area contributed by atoms with Gasteiger partial charge in [0, 0.05) is 24.1 Å². The SMILES string of the molecule is Cc1cc(F)ccc1NC(=O)CCC(=O)c1ccc2ccccc2c1. The number of benzene rings is 3. The van der Waals surface area contributed by atoms with Gasteiger partial charge in [0.25, 0.3) is 0 Å². The number of amides is 1. The average molecular weight is 335 g/mol. The maximum atomic E-state index is 13.1. The number of carbonyl (C=O) groups excluding carboxylic acids is 2. The molecule has 0 aliphatic heterocycles. The maximum Gasteiger partial charge on any atom is 0.224 e. The molecule has 0 bridgehead atoms. The summed E-state index contributed by atoms with van der Waals surface area (Å²) in [6, 6.07) is 17.5. The molecule has 0 spiro atoms. The second kappa shape index (κ2) is 7.26. The van der Waals surface area contributed by atoms with Gasteiger partial charge in [-0.15, -0.1) is 0 Å². The zero-order valence-corrected chi connectivity index (χ0v) is 13.9. The van der Waals surface area contributed by atoms with Gasteiger partial charge in [0.2, 0.25) is 5.91 Å². The second-order valence-electron chi connectivity index (χ2n) is 5.99. The second-order valence-corrected chi connectivity index (χ2v) is 5.99. The van der Waals surface area contributed by atoms with Gasteiger partial charge in [-0.05, 0) is 47.5 Å². The lowest BCUT2D eigenvalue weighted by molar-refractivity contribution is -0.116. The highest BCUT2D eigenvalue weighted by Gasteiger charge is 2.11. The maximum absolute atomic E-state index is 13.1. The Kier molecular flexibility index (Phi) is 4.89. The molecule has 3 nitrogen and oxygen atoms in total. The summed E-state index contributed by atoms with van der Waals surface area (Å²) in [5.41, 5.74) is 1.81. The molecule has 0 unspecified atom stereocenters. The van der Waals surface area contributed by atoms with Crippen LogP contribution in [0.3, 0.4) is 0 Å². The Balaban J connectivity index is 1.61. The van der Waals surface area contributed by atoms with Crippen molar-refractivity contribution in [3.05, 3.63) is 77.6 Å². The number of aryl methyl sites for hydroxylation is 1. The minimum Gasteiger partial charge on any atom is -0.326 e. The van der Waals surface area contributed by atoms with Crippen molar-refractivity contribution >= 4 is 28.2 Å². The summed E-state index contributed by atoms with van der Waals surface area (Å²) < 4.78 is 13.1. The van der Waals surface area contributed by atoms with Crippen molar-refractivity contribution in [2.24, 2.45) is 0 Å². The van der Waals surface area contributed by atoms with Gasteiger partial charge in [0.1, 0.15) is 5.82 Å². The molecular formula is C21H18FNO2. The molecule has 0 saturated carbocycles. The van der Waals surface area contributed by atoms with Gasteiger partial charge in [-0.1, -0.05) is 36.4 Å². The first-order chi connectivity index (χ1) is 12.0. The molecular weight excluding hydrogens is 317 g/mol. The number of anilines is 1. The Morgan fingerprint density at radius 3 is 2.44 bits per heavy atom. The highest BCUT2D eigenvalue weighted by Crippen LogP contribution is 2.18. The molecule has 0 fully saturated rings. The summed E-state index contributed by atoms with van der Waals surface area (Å²) in [6.07, 6.45) is 0.215. The molecule has 4 heteroatoms. The van der Waals surface area contributed by atoms with Crippen molar-refractivity contribution in [3.8, 4) is 0 Å². The van der Waals surface area contributed by atoms with Gasteiger partial charge in [0.15, 0.2) is 5.78 Å². The number of Topliss-reactive ketones (excluding diaryl/α,β-unsaturated/α-hetero) is 1. The van der Waals surface area contributed by atoms with Gasteiger partial charge >= 0.3 is 0 Å². The topological polar surface area (TPSA) is 46.2 Å². The molecule has 3 rings (SSSR count). The van der Waals surface area contributed by atoms with E-state index in [1.54, 1.807) is 13.0 Å². The Hall–Kier alpha value is -3.01. The number of hydrogen-bond acceptors (Lipinski definition) is 2. The quantitative estimate of drug-likeness (QED) is 0.675. The van der Waals surface area contributed by atoms with Gasteiger partial charge in [-0.25, -0.2) is 4.39 Å². The van der Waals surface area contributed by atoms with Crippen molar-refractivity contribution in [1.29, 1.82) is 0 Å². The predicted molar refractivity (Wildman–Crippen MR) is 97.3 cm³/mol. The van der Waals surface area contributed by atoms with Crippen LogP contribution < -0.4 is 5.32 Å². The number of halogens is 1. The van der Waals surface area contributed by atoms with Crippen LogP contribution in [0.4, 0.5) is 10.1 Å². The molecule has 3 aromatic rings. The molecule has 126 valence electrons. The molecule has 25 heavy (non-hydrogen) atoms. The molecule has 0 aliphatic carbocycles. The van der Waals surface area contributed by atoms with E-state index in [0.717, 1.165) is 10.8 Å². The summed E-state index contributed by atoms with van der Waals surface area (Å²) in [5, 5.41) is 4.79. The molecule has 1 amide bonds. The predicted octanol–water partition coefficient (Wildman–Crippen LogP) is 4.89. The van der Waals surface area contributed by atoms with Gasteiger partial charge in [-0.3, -0.25) is 9.59 Å². The third kappa shape index (κ3) is 4.10. The van der Waals surface area contributed by atoms with Crippen molar-refractivity contribution < 1.29 is 14.0 Å². The van der Waals surface area contributed by atoms with Crippen LogP contribution in [0.15, 0.2) is 60.7 Å². The number of hydrogen-bond donors (Lipinski definition) is 1. The summed E-state index contributed by atoms with van der Waals surface area (Å²) in [7, 11) is 0. The molecule has 0 atom stereocenters. The first-order valence-corrected chi connectivity index (χ1v) is 8.11. The smallest absolute Gasteiger partial charge is 0.224 e. The third-order valence-corrected chi connectivity index (χ3v) is 4.11.